The number of ether oxygens (including phenoxy) is 2. The lowest BCUT2D eigenvalue weighted by Crippen LogP contribution is -2.48. The summed E-state index contributed by atoms with van der Waals surface area (Å²) >= 11 is 6.20. The third-order valence-corrected chi connectivity index (χ3v) is 6.89. The van der Waals surface area contributed by atoms with E-state index in [1.807, 2.05) is 30.3 Å². The summed E-state index contributed by atoms with van der Waals surface area (Å²) in [6.07, 6.45) is -1.03. The first-order valence-corrected chi connectivity index (χ1v) is 11.8. The smallest absolute Gasteiger partial charge is 0.250 e. The number of fused-ring (bicyclic) bond motifs is 3. The van der Waals surface area contributed by atoms with Gasteiger partial charge in [-0.1, -0.05) is 54.1 Å². The van der Waals surface area contributed by atoms with E-state index in [1.165, 1.54) is 14.2 Å². The average molecular weight is 514 g/mol. The van der Waals surface area contributed by atoms with E-state index in [9.17, 15) is 19.1 Å². The van der Waals surface area contributed by atoms with Gasteiger partial charge in [-0.25, -0.2) is 13.8 Å². The van der Waals surface area contributed by atoms with Gasteiger partial charge in [-0.2, -0.15) is 5.26 Å². The number of rotatable bonds is 5. The summed E-state index contributed by atoms with van der Waals surface area (Å²) in [4.78, 5) is 4.28. The summed E-state index contributed by atoms with van der Waals surface area (Å²) < 4.78 is 34.1. The predicted octanol–water partition coefficient (Wildman–Crippen LogP) is 5.14. The summed E-state index contributed by atoms with van der Waals surface area (Å²) in [6.45, 7) is -0.208. The van der Waals surface area contributed by atoms with E-state index < -0.39 is 17.6 Å². The molecule has 2 aliphatic rings. The highest BCUT2D eigenvalue weighted by molar-refractivity contribution is 6.29. The van der Waals surface area contributed by atoms with Gasteiger partial charge < -0.3 is 19.9 Å². The Morgan fingerprint density at radius 2 is 1.94 bits per heavy atom. The van der Waals surface area contributed by atoms with Gasteiger partial charge in [0, 0.05) is 12.0 Å². The van der Waals surface area contributed by atoms with Crippen molar-refractivity contribution in [1.29, 1.82) is 5.26 Å². The van der Waals surface area contributed by atoms with Crippen LogP contribution in [0.4, 0.5) is 8.78 Å². The quantitative estimate of drug-likeness (QED) is 0.459. The second-order valence-corrected chi connectivity index (χ2v) is 9.05. The van der Waals surface area contributed by atoms with Gasteiger partial charge >= 0.3 is 0 Å². The number of aromatic nitrogens is 1. The fourth-order valence-electron chi connectivity index (χ4n) is 5.28. The van der Waals surface area contributed by atoms with Crippen LogP contribution < -0.4 is 14.8 Å². The molecule has 1 saturated carbocycles. The standard InChI is InChI=1S/C24H19ClN2O3.C3H7F2N/c1-29-22-21-19(13-20(25)27-22)30-24(17-9-7-15(14-26)8-10-17)18(11-12-23(21,24)28)16-5-3-2-4-6-16;1-6-2-3(4)5/h2-10,13,18,28H,11-12H2,1H3;3,6H,2H2,1H3. The summed E-state index contributed by atoms with van der Waals surface area (Å²) in [5.41, 5.74) is 0.487. The lowest BCUT2D eigenvalue weighted by molar-refractivity contribution is -0.106. The molecule has 1 fully saturated rings. The lowest BCUT2D eigenvalue weighted by Gasteiger charge is -2.40. The molecule has 2 N–H and O–H groups in total. The van der Waals surface area contributed by atoms with Crippen LogP contribution in [0.1, 0.15) is 41.0 Å². The van der Waals surface area contributed by atoms with Crippen molar-refractivity contribution in [3.05, 3.63) is 88.1 Å². The summed E-state index contributed by atoms with van der Waals surface area (Å²) in [5, 5.41) is 24.0. The van der Waals surface area contributed by atoms with Crippen LogP contribution in [0, 0.1) is 11.3 Å². The number of hydrogen-bond donors (Lipinski definition) is 2. The largest absolute Gasteiger partial charge is 0.481 e. The van der Waals surface area contributed by atoms with Crippen LogP contribution in [-0.2, 0) is 11.2 Å². The minimum absolute atomic E-state index is 0.118. The van der Waals surface area contributed by atoms with Crippen LogP contribution in [0.25, 0.3) is 0 Å². The van der Waals surface area contributed by atoms with Crippen LogP contribution in [-0.4, -0.2) is 37.2 Å². The lowest BCUT2D eigenvalue weighted by atomic mass is 9.72. The number of nitriles is 1. The van der Waals surface area contributed by atoms with Crippen molar-refractivity contribution in [1.82, 2.24) is 10.3 Å². The summed E-state index contributed by atoms with van der Waals surface area (Å²) in [6, 6.07) is 21.0. The van der Waals surface area contributed by atoms with Gasteiger partial charge in [0.05, 0.1) is 30.9 Å². The topological polar surface area (TPSA) is 87.4 Å². The second kappa shape index (κ2) is 10.4. The number of halogens is 3. The van der Waals surface area contributed by atoms with Gasteiger partial charge in [-0.15, -0.1) is 0 Å². The number of alkyl halides is 2. The van der Waals surface area contributed by atoms with E-state index >= 15 is 0 Å². The molecule has 1 aromatic heterocycles. The third kappa shape index (κ3) is 4.28. The average Bonchev–Trinajstić information content (AvgIpc) is 3.31. The van der Waals surface area contributed by atoms with Crippen LogP contribution in [0.15, 0.2) is 60.7 Å². The molecule has 9 heteroatoms. The predicted molar refractivity (Wildman–Crippen MR) is 132 cm³/mol. The Morgan fingerprint density at radius 3 is 2.50 bits per heavy atom. The molecule has 0 radical (unpaired) electrons. The number of nitrogens with zero attached hydrogens (tertiary/aromatic N) is 2. The van der Waals surface area contributed by atoms with Gasteiger partial charge in [-0.05, 0) is 43.1 Å². The van der Waals surface area contributed by atoms with E-state index in [2.05, 4.69) is 28.5 Å². The van der Waals surface area contributed by atoms with Crippen LogP contribution in [0.3, 0.4) is 0 Å². The van der Waals surface area contributed by atoms with Crippen LogP contribution in [0.2, 0.25) is 5.15 Å². The van der Waals surface area contributed by atoms with E-state index in [0.717, 1.165) is 11.1 Å². The maximum Gasteiger partial charge on any atom is 0.250 e. The number of hydrogen-bond acceptors (Lipinski definition) is 6. The second-order valence-electron chi connectivity index (χ2n) is 8.67. The van der Waals surface area contributed by atoms with Crippen molar-refractivity contribution in [2.24, 2.45) is 0 Å². The van der Waals surface area contributed by atoms with Crippen molar-refractivity contribution < 1.29 is 23.4 Å². The number of nitrogens with one attached hydrogen (secondary N) is 1. The Balaban J connectivity index is 0.000000455. The molecule has 3 unspecified atom stereocenters. The zero-order chi connectivity index (χ0) is 25.9. The normalized spacial score (nSPS) is 23.7. The molecule has 1 aliphatic heterocycles. The van der Waals surface area contributed by atoms with Crippen molar-refractivity contribution in [3.8, 4) is 17.7 Å². The Labute approximate surface area is 213 Å². The summed E-state index contributed by atoms with van der Waals surface area (Å²) in [5.74, 6) is 0.621. The first kappa shape index (κ1) is 25.8. The fraction of sp³-hybridized carbons (Fsp3) is 0.333. The minimum Gasteiger partial charge on any atom is -0.481 e. The monoisotopic (exact) mass is 513 g/mol. The number of methoxy groups -OCH3 is 1. The maximum atomic E-state index is 12.2. The molecule has 2 heterocycles. The number of pyridine rings is 1. The van der Waals surface area contributed by atoms with Crippen molar-refractivity contribution in [3.63, 3.8) is 0 Å². The van der Waals surface area contributed by atoms with Crippen molar-refractivity contribution >= 4 is 11.6 Å². The molecular weight excluding hydrogens is 488 g/mol. The summed E-state index contributed by atoms with van der Waals surface area (Å²) in [7, 11) is 3.00. The van der Waals surface area contributed by atoms with Gasteiger partial charge in [0.15, 0.2) is 5.60 Å². The van der Waals surface area contributed by atoms with Gasteiger partial charge in [0.2, 0.25) is 5.88 Å². The molecule has 0 bridgehead atoms. The first-order chi connectivity index (χ1) is 17.3. The van der Waals surface area contributed by atoms with Crippen molar-refractivity contribution in [2.75, 3.05) is 20.7 Å². The molecule has 2 aromatic carbocycles. The van der Waals surface area contributed by atoms with Crippen LogP contribution in [0.5, 0.6) is 11.6 Å². The maximum absolute atomic E-state index is 12.2. The van der Waals surface area contributed by atoms with E-state index in [4.69, 9.17) is 21.1 Å². The zero-order valence-electron chi connectivity index (χ0n) is 19.8. The molecule has 1 aliphatic carbocycles. The molecule has 6 nitrogen and oxygen atoms in total. The number of aliphatic hydroxyl groups is 1. The Morgan fingerprint density at radius 1 is 1.25 bits per heavy atom. The highest BCUT2D eigenvalue weighted by atomic mass is 35.5. The van der Waals surface area contributed by atoms with Gasteiger partial charge in [0.1, 0.15) is 16.5 Å². The Bertz CT molecular complexity index is 1250. The molecule has 3 aromatic rings. The van der Waals surface area contributed by atoms with Crippen LogP contribution >= 0.6 is 11.6 Å². The molecule has 0 saturated heterocycles. The number of benzene rings is 2. The minimum atomic E-state index is -2.21. The Hall–Kier alpha value is -3.25. The zero-order valence-corrected chi connectivity index (χ0v) is 20.6. The first-order valence-electron chi connectivity index (χ1n) is 11.5. The van der Waals surface area contributed by atoms with E-state index in [1.54, 1.807) is 18.2 Å². The molecule has 188 valence electrons. The SMILES string of the molecule is CNCC(F)F.COc1nc(Cl)cc2c1C1(O)CCC(c3ccccc3)C1(c1ccc(C#N)cc1)O2. The highest BCUT2D eigenvalue weighted by Crippen LogP contribution is 2.68. The molecule has 36 heavy (non-hydrogen) atoms. The molecule has 3 atom stereocenters. The van der Waals surface area contributed by atoms with E-state index in [-0.39, 0.29) is 23.5 Å². The van der Waals surface area contributed by atoms with E-state index in [0.29, 0.717) is 29.7 Å². The molecule has 5 rings (SSSR count). The van der Waals surface area contributed by atoms with Gasteiger partial charge in [0.25, 0.3) is 6.43 Å². The molecular formula is C27H26ClF2N3O3. The highest BCUT2D eigenvalue weighted by Gasteiger charge is 2.69. The van der Waals surface area contributed by atoms with Crippen molar-refractivity contribution in [2.45, 2.75) is 36.4 Å². The third-order valence-electron chi connectivity index (χ3n) is 6.70. The van der Waals surface area contributed by atoms with Gasteiger partial charge in [-0.3, -0.25) is 0 Å². The molecule has 0 amide bonds. The Kier molecular flexibility index (Phi) is 7.46. The molecule has 0 spiro atoms. The fourth-order valence-corrected chi connectivity index (χ4v) is 5.46.